The number of nitriles is 1. The number of nitrogens with zero attached hydrogens (tertiary/aromatic N) is 4. The van der Waals surface area contributed by atoms with Gasteiger partial charge in [-0.1, -0.05) is 29.5 Å². The fourth-order valence-corrected chi connectivity index (χ4v) is 2.79. The third kappa shape index (κ3) is 4.57. The van der Waals surface area contributed by atoms with Crippen LogP contribution in [0.3, 0.4) is 0 Å². The topological polar surface area (TPSA) is 83.0 Å². The third-order valence-corrected chi connectivity index (χ3v) is 4.15. The number of amides is 1. The van der Waals surface area contributed by atoms with Crippen molar-refractivity contribution in [2.45, 2.75) is 30.7 Å². The van der Waals surface area contributed by atoms with E-state index >= 15 is 0 Å². The number of rotatable bonds is 6. The molecule has 0 aliphatic rings. The molecule has 7 heteroatoms. The van der Waals surface area contributed by atoms with Gasteiger partial charge in [0.1, 0.15) is 0 Å². The third-order valence-electron chi connectivity index (χ3n) is 3.23. The van der Waals surface area contributed by atoms with Crippen LogP contribution in [-0.2, 0) is 4.79 Å². The molecule has 0 N–H and O–H groups in total. The smallest absolute Gasteiger partial charge is 0.277 e. The largest absolute Gasteiger partial charge is 0.411 e. The summed E-state index contributed by atoms with van der Waals surface area (Å²) in [6.45, 7) is 4.19. The van der Waals surface area contributed by atoms with Crippen molar-refractivity contribution in [3.05, 3.63) is 29.8 Å². The molecule has 0 spiro atoms. The van der Waals surface area contributed by atoms with Gasteiger partial charge in [-0.25, -0.2) is 0 Å². The average Bonchev–Trinajstić information content (AvgIpc) is 3.00. The maximum absolute atomic E-state index is 12.2. The second-order valence-electron chi connectivity index (χ2n) is 5.17. The van der Waals surface area contributed by atoms with Gasteiger partial charge < -0.3 is 9.32 Å². The molecule has 0 saturated carbocycles. The second kappa shape index (κ2) is 7.79. The zero-order chi connectivity index (χ0) is 16.8. The summed E-state index contributed by atoms with van der Waals surface area (Å²) >= 11 is 1.22. The highest BCUT2D eigenvalue weighted by Crippen LogP contribution is 2.27. The van der Waals surface area contributed by atoms with Gasteiger partial charge >= 0.3 is 0 Å². The molecule has 23 heavy (non-hydrogen) atoms. The van der Waals surface area contributed by atoms with E-state index in [1.807, 2.05) is 37.3 Å². The van der Waals surface area contributed by atoms with Crippen molar-refractivity contribution < 1.29 is 9.21 Å². The van der Waals surface area contributed by atoms with E-state index < -0.39 is 0 Å². The SMILES string of the molecule is Cc1cccc(-c2nnc(S[C@@H](C)C(=O)N(C)CCC#N)o2)c1. The van der Waals surface area contributed by atoms with Gasteiger partial charge in [0.2, 0.25) is 11.8 Å². The summed E-state index contributed by atoms with van der Waals surface area (Å²) in [7, 11) is 1.68. The highest BCUT2D eigenvalue weighted by molar-refractivity contribution is 8.00. The number of benzene rings is 1. The maximum Gasteiger partial charge on any atom is 0.277 e. The van der Waals surface area contributed by atoms with Crippen molar-refractivity contribution in [1.82, 2.24) is 15.1 Å². The van der Waals surface area contributed by atoms with E-state index in [0.717, 1.165) is 11.1 Å². The Morgan fingerprint density at radius 3 is 2.96 bits per heavy atom. The molecule has 0 saturated heterocycles. The van der Waals surface area contributed by atoms with Crippen molar-refractivity contribution in [3.63, 3.8) is 0 Å². The second-order valence-corrected chi connectivity index (χ2v) is 6.46. The van der Waals surface area contributed by atoms with Gasteiger partial charge in [0, 0.05) is 19.2 Å². The molecule has 2 rings (SSSR count). The van der Waals surface area contributed by atoms with Crippen LogP contribution in [0.15, 0.2) is 33.9 Å². The lowest BCUT2D eigenvalue weighted by Gasteiger charge is -2.18. The van der Waals surface area contributed by atoms with Gasteiger partial charge in [0.15, 0.2) is 0 Å². The van der Waals surface area contributed by atoms with Crippen LogP contribution in [0.4, 0.5) is 0 Å². The Kier molecular flexibility index (Phi) is 5.77. The minimum atomic E-state index is -0.357. The molecule has 1 heterocycles. The lowest BCUT2D eigenvalue weighted by atomic mass is 10.1. The van der Waals surface area contributed by atoms with Crippen molar-refractivity contribution in [2.75, 3.05) is 13.6 Å². The van der Waals surface area contributed by atoms with Crippen molar-refractivity contribution in [2.24, 2.45) is 0 Å². The summed E-state index contributed by atoms with van der Waals surface area (Å²) in [4.78, 5) is 13.7. The highest BCUT2D eigenvalue weighted by Gasteiger charge is 2.21. The Morgan fingerprint density at radius 1 is 1.48 bits per heavy atom. The molecule has 0 fully saturated rings. The summed E-state index contributed by atoms with van der Waals surface area (Å²) < 4.78 is 5.62. The molecule has 0 radical (unpaired) electrons. The summed E-state index contributed by atoms with van der Waals surface area (Å²) in [6, 6.07) is 9.82. The lowest BCUT2D eigenvalue weighted by Crippen LogP contribution is -2.33. The molecular weight excluding hydrogens is 312 g/mol. The lowest BCUT2D eigenvalue weighted by molar-refractivity contribution is -0.128. The Bertz CT molecular complexity index is 723. The fourth-order valence-electron chi connectivity index (χ4n) is 1.99. The van der Waals surface area contributed by atoms with Gasteiger partial charge in [-0.05, 0) is 26.0 Å². The summed E-state index contributed by atoms with van der Waals surface area (Å²) in [5.74, 6) is 0.370. The van der Waals surface area contributed by atoms with E-state index in [1.165, 1.54) is 11.8 Å². The Balaban J connectivity index is 2.01. The quantitative estimate of drug-likeness (QED) is 0.757. The zero-order valence-electron chi connectivity index (χ0n) is 13.3. The molecule has 0 bridgehead atoms. The van der Waals surface area contributed by atoms with Crippen molar-refractivity contribution >= 4 is 17.7 Å². The molecular formula is C16H18N4O2S. The van der Waals surface area contributed by atoms with Crippen LogP contribution in [0.25, 0.3) is 11.5 Å². The van der Waals surface area contributed by atoms with Crippen LogP contribution in [0.5, 0.6) is 0 Å². The molecule has 2 aromatic rings. The number of aryl methyl sites for hydroxylation is 1. The minimum Gasteiger partial charge on any atom is -0.411 e. The summed E-state index contributed by atoms with van der Waals surface area (Å²) in [5, 5.41) is 16.6. The molecule has 1 aromatic carbocycles. The van der Waals surface area contributed by atoms with E-state index in [9.17, 15) is 4.79 Å². The predicted octanol–water partition coefficient (Wildman–Crippen LogP) is 2.90. The number of thioether (sulfide) groups is 1. The molecule has 0 unspecified atom stereocenters. The van der Waals surface area contributed by atoms with Crippen LogP contribution in [0.1, 0.15) is 18.9 Å². The van der Waals surface area contributed by atoms with Gasteiger partial charge in [0.05, 0.1) is 17.7 Å². The number of aromatic nitrogens is 2. The molecule has 0 aliphatic carbocycles. The summed E-state index contributed by atoms with van der Waals surface area (Å²) in [5.41, 5.74) is 1.96. The highest BCUT2D eigenvalue weighted by atomic mass is 32.2. The van der Waals surface area contributed by atoms with E-state index in [0.29, 0.717) is 24.1 Å². The Labute approximate surface area is 139 Å². The molecule has 0 aliphatic heterocycles. The first-order valence-electron chi connectivity index (χ1n) is 7.20. The fraction of sp³-hybridized carbons (Fsp3) is 0.375. The average molecular weight is 330 g/mol. The standard InChI is InChI=1S/C16H18N4O2S/c1-11-6-4-7-13(10-11)14-18-19-16(22-14)23-12(2)15(21)20(3)9-5-8-17/h4,6-7,10,12H,5,9H2,1-3H3/t12-/m0/s1. The van der Waals surface area contributed by atoms with E-state index in [-0.39, 0.29) is 11.2 Å². The van der Waals surface area contributed by atoms with Crippen molar-refractivity contribution in [1.29, 1.82) is 5.26 Å². The van der Waals surface area contributed by atoms with Gasteiger partial charge in [0.25, 0.3) is 5.22 Å². The maximum atomic E-state index is 12.2. The van der Waals surface area contributed by atoms with Crippen LogP contribution in [0.2, 0.25) is 0 Å². The van der Waals surface area contributed by atoms with Gasteiger partial charge in [-0.2, -0.15) is 5.26 Å². The Hall–Kier alpha value is -2.33. The monoisotopic (exact) mass is 330 g/mol. The molecule has 6 nitrogen and oxygen atoms in total. The van der Waals surface area contributed by atoms with Crippen molar-refractivity contribution in [3.8, 4) is 17.5 Å². The first-order chi connectivity index (χ1) is 11.0. The first-order valence-corrected chi connectivity index (χ1v) is 8.08. The number of carbonyl (C=O) groups is 1. The van der Waals surface area contributed by atoms with Crippen LogP contribution >= 0.6 is 11.8 Å². The molecule has 1 amide bonds. The summed E-state index contributed by atoms with van der Waals surface area (Å²) in [6.07, 6.45) is 0.317. The van der Waals surface area contributed by atoms with Gasteiger partial charge in [-0.15, -0.1) is 10.2 Å². The predicted molar refractivity (Wildman–Crippen MR) is 87.7 cm³/mol. The number of hydrogen-bond donors (Lipinski definition) is 0. The van der Waals surface area contributed by atoms with Crippen LogP contribution < -0.4 is 0 Å². The minimum absolute atomic E-state index is 0.0689. The number of carbonyl (C=O) groups excluding carboxylic acids is 1. The normalized spacial score (nSPS) is 11.7. The number of hydrogen-bond acceptors (Lipinski definition) is 6. The van der Waals surface area contributed by atoms with Crippen LogP contribution in [-0.4, -0.2) is 39.8 Å². The van der Waals surface area contributed by atoms with Crippen LogP contribution in [0, 0.1) is 18.3 Å². The molecule has 1 atom stereocenters. The van der Waals surface area contributed by atoms with Gasteiger partial charge in [-0.3, -0.25) is 4.79 Å². The zero-order valence-corrected chi connectivity index (χ0v) is 14.1. The van der Waals surface area contributed by atoms with E-state index in [1.54, 1.807) is 18.9 Å². The molecule has 120 valence electrons. The van der Waals surface area contributed by atoms with E-state index in [4.69, 9.17) is 9.68 Å². The molecule has 1 aromatic heterocycles. The first kappa shape index (κ1) is 17.0. The van der Waals surface area contributed by atoms with E-state index in [2.05, 4.69) is 10.2 Å². The Morgan fingerprint density at radius 2 is 2.26 bits per heavy atom.